The topological polar surface area (TPSA) is 118 Å². The zero-order valence-electron chi connectivity index (χ0n) is 13.9. The second kappa shape index (κ2) is 7.23. The number of hydrogen-bond acceptors (Lipinski definition) is 5. The number of nitrogens with one attached hydrogen (secondary N) is 1. The number of benzene rings is 2. The van der Waals surface area contributed by atoms with Crippen LogP contribution in [-0.4, -0.2) is 33.7 Å². The molecule has 1 unspecified atom stereocenters. The Hall–Kier alpha value is -1.94. The van der Waals surface area contributed by atoms with E-state index in [4.69, 9.17) is 16.7 Å². The predicted octanol–water partition coefficient (Wildman–Crippen LogP) is 2.63. The molecule has 0 bridgehead atoms. The van der Waals surface area contributed by atoms with Gasteiger partial charge in [0.25, 0.3) is 0 Å². The Morgan fingerprint density at radius 1 is 1.19 bits per heavy atom. The molecule has 0 saturated heterocycles. The van der Waals surface area contributed by atoms with Crippen LogP contribution >= 0.6 is 11.6 Å². The molecule has 0 amide bonds. The second-order valence-corrected chi connectivity index (χ2v) is 10.3. The highest BCUT2D eigenvalue weighted by atomic mass is 35.5. The smallest absolute Gasteiger partial charge is 0.337 e. The molecule has 144 valence electrons. The molecule has 7 nitrogen and oxygen atoms in total. The molecule has 1 heterocycles. The first-order valence-corrected chi connectivity index (χ1v) is 11.5. The SMILES string of the molecule is O=C(O)c1cc(S(=O)(=O)NC2CCCS(=O)(=O)c3ccccc32)ccc1Cl. The zero-order chi connectivity index (χ0) is 19.8. The molecule has 1 aliphatic heterocycles. The number of aromatic carboxylic acids is 1. The molecule has 3 rings (SSSR count). The number of carbonyl (C=O) groups is 1. The number of hydrogen-bond donors (Lipinski definition) is 2. The summed E-state index contributed by atoms with van der Waals surface area (Å²) in [6.07, 6.45) is 0.597. The fourth-order valence-electron chi connectivity index (χ4n) is 3.01. The van der Waals surface area contributed by atoms with Crippen LogP contribution in [0.3, 0.4) is 0 Å². The molecule has 0 fully saturated rings. The first-order chi connectivity index (χ1) is 12.6. The minimum atomic E-state index is -4.10. The van der Waals surface area contributed by atoms with Crippen molar-refractivity contribution >= 4 is 37.4 Å². The molecule has 2 N–H and O–H groups in total. The standard InChI is InChI=1S/C17H16ClNO6S2/c18-14-8-7-11(10-13(14)17(20)21)27(24,25)19-15-5-3-9-26(22,23)16-6-2-1-4-12(15)16/h1-2,4,6-8,10,15,19H,3,5,9H2,(H,20,21). The first-order valence-electron chi connectivity index (χ1n) is 7.99. The van der Waals surface area contributed by atoms with Crippen LogP contribution in [0.1, 0.15) is 34.8 Å². The van der Waals surface area contributed by atoms with Gasteiger partial charge in [0.2, 0.25) is 10.0 Å². The molecule has 2 aromatic carbocycles. The molecule has 1 aliphatic rings. The van der Waals surface area contributed by atoms with Gasteiger partial charge in [-0.2, -0.15) is 0 Å². The van der Waals surface area contributed by atoms with E-state index in [9.17, 15) is 21.6 Å². The van der Waals surface area contributed by atoms with Gasteiger partial charge < -0.3 is 5.11 Å². The monoisotopic (exact) mass is 429 g/mol. The Balaban J connectivity index is 2.01. The summed E-state index contributed by atoms with van der Waals surface area (Å²) >= 11 is 5.79. The molecular weight excluding hydrogens is 414 g/mol. The number of rotatable bonds is 4. The van der Waals surface area contributed by atoms with Gasteiger partial charge in [0.05, 0.1) is 26.1 Å². The summed E-state index contributed by atoms with van der Waals surface area (Å²) < 4.78 is 52.8. The van der Waals surface area contributed by atoms with Gasteiger partial charge in [0, 0.05) is 6.04 Å². The van der Waals surface area contributed by atoms with Crippen molar-refractivity contribution < 1.29 is 26.7 Å². The normalized spacial score (nSPS) is 19.1. The van der Waals surface area contributed by atoms with E-state index >= 15 is 0 Å². The molecule has 10 heteroatoms. The maximum absolute atomic E-state index is 12.8. The minimum Gasteiger partial charge on any atom is -0.478 e. The highest BCUT2D eigenvalue weighted by Crippen LogP contribution is 2.32. The van der Waals surface area contributed by atoms with E-state index < -0.39 is 31.9 Å². The van der Waals surface area contributed by atoms with Gasteiger partial charge in [-0.05, 0) is 42.7 Å². The highest BCUT2D eigenvalue weighted by molar-refractivity contribution is 7.91. The van der Waals surface area contributed by atoms with Gasteiger partial charge in [-0.1, -0.05) is 29.8 Å². The quantitative estimate of drug-likeness (QED) is 0.771. The van der Waals surface area contributed by atoms with E-state index in [-0.39, 0.29) is 26.1 Å². The summed E-state index contributed by atoms with van der Waals surface area (Å²) in [4.78, 5) is 11.1. The van der Waals surface area contributed by atoms with Crippen LogP contribution in [0.5, 0.6) is 0 Å². The van der Waals surface area contributed by atoms with Gasteiger partial charge in [-0.3, -0.25) is 0 Å². The number of sulfone groups is 1. The summed E-state index contributed by atoms with van der Waals surface area (Å²) in [5.74, 6) is -1.41. The fourth-order valence-corrected chi connectivity index (χ4v) is 6.10. The number of sulfonamides is 1. The Kier molecular flexibility index (Phi) is 5.31. The van der Waals surface area contributed by atoms with Crippen LogP contribution in [0.25, 0.3) is 0 Å². The van der Waals surface area contributed by atoms with Crippen LogP contribution in [-0.2, 0) is 19.9 Å². The van der Waals surface area contributed by atoms with Gasteiger partial charge >= 0.3 is 5.97 Å². The molecule has 0 spiro atoms. The lowest BCUT2D eigenvalue weighted by Gasteiger charge is -2.19. The van der Waals surface area contributed by atoms with Crippen LogP contribution in [0.15, 0.2) is 52.3 Å². The van der Waals surface area contributed by atoms with Crippen molar-refractivity contribution in [3.05, 3.63) is 58.6 Å². The molecule has 0 radical (unpaired) electrons. The van der Waals surface area contributed by atoms with Crippen molar-refractivity contribution in [2.24, 2.45) is 0 Å². The minimum absolute atomic E-state index is 0.0631. The van der Waals surface area contributed by atoms with Crippen molar-refractivity contribution in [2.45, 2.75) is 28.7 Å². The van der Waals surface area contributed by atoms with Crippen molar-refractivity contribution in [1.29, 1.82) is 0 Å². The number of carboxylic acids is 1. The van der Waals surface area contributed by atoms with Crippen molar-refractivity contribution in [1.82, 2.24) is 4.72 Å². The summed E-state index contributed by atoms with van der Waals surface area (Å²) in [7, 11) is -7.58. The third-order valence-electron chi connectivity index (χ3n) is 4.31. The Morgan fingerprint density at radius 3 is 2.59 bits per heavy atom. The van der Waals surface area contributed by atoms with E-state index in [1.165, 1.54) is 18.2 Å². The van der Waals surface area contributed by atoms with Gasteiger partial charge in [-0.25, -0.2) is 26.4 Å². The lowest BCUT2D eigenvalue weighted by atomic mass is 10.0. The lowest BCUT2D eigenvalue weighted by molar-refractivity contribution is 0.0697. The third kappa shape index (κ3) is 4.01. The second-order valence-electron chi connectivity index (χ2n) is 6.12. The van der Waals surface area contributed by atoms with E-state index in [0.717, 1.165) is 6.07 Å². The third-order valence-corrected chi connectivity index (χ3v) is 7.98. The van der Waals surface area contributed by atoms with E-state index in [1.807, 2.05) is 0 Å². The lowest BCUT2D eigenvalue weighted by Crippen LogP contribution is -2.29. The van der Waals surface area contributed by atoms with E-state index in [1.54, 1.807) is 18.2 Å². The first kappa shape index (κ1) is 19.8. The number of fused-ring (bicyclic) bond motifs is 1. The fraction of sp³-hybridized carbons (Fsp3) is 0.235. The Bertz CT molecular complexity index is 1110. The zero-order valence-corrected chi connectivity index (χ0v) is 16.3. The van der Waals surface area contributed by atoms with Crippen molar-refractivity contribution in [2.75, 3.05) is 5.75 Å². The van der Waals surface area contributed by atoms with Crippen LogP contribution in [0.2, 0.25) is 5.02 Å². The van der Waals surface area contributed by atoms with E-state index in [0.29, 0.717) is 18.4 Å². The van der Waals surface area contributed by atoms with Crippen molar-refractivity contribution in [3.63, 3.8) is 0 Å². The average Bonchev–Trinajstić information content (AvgIpc) is 2.72. The number of halogens is 1. The average molecular weight is 430 g/mol. The van der Waals surface area contributed by atoms with Gasteiger partial charge in [0.15, 0.2) is 9.84 Å². The molecular formula is C17H16ClNO6S2. The summed E-state index contributed by atoms with van der Waals surface area (Å²) in [6.45, 7) is 0. The maximum atomic E-state index is 12.8. The summed E-state index contributed by atoms with van der Waals surface area (Å²) in [5.41, 5.74) is 0.0504. The molecule has 27 heavy (non-hydrogen) atoms. The Morgan fingerprint density at radius 2 is 1.89 bits per heavy atom. The molecule has 2 aromatic rings. The highest BCUT2D eigenvalue weighted by Gasteiger charge is 2.30. The number of carboxylic acid groups (broad SMARTS) is 1. The maximum Gasteiger partial charge on any atom is 0.337 e. The Labute approximate surface area is 162 Å². The molecule has 0 aliphatic carbocycles. The van der Waals surface area contributed by atoms with E-state index in [2.05, 4.69) is 4.72 Å². The molecule has 0 saturated carbocycles. The van der Waals surface area contributed by atoms with Gasteiger partial charge in [0.1, 0.15) is 0 Å². The largest absolute Gasteiger partial charge is 0.478 e. The molecule has 0 aromatic heterocycles. The summed E-state index contributed by atoms with van der Waals surface area (Å²) in [6, 6.07) is 8.91. The molecule has 1 atom stereocenters. The van der Waals surface area contributed by atoms with Crippen LogP contribution in [0, 0.1) is 0 Å². The predicted molar refractivity (Wildman–Crippen MR) is 99.2 cm³/mol. The van der Waals surface area contributed by atoms with Crippen molar-refractivity contribution in [3.8, 4) is 0 Å². The van der Waals surface area contributed by atoms with Crippen LogP contribution in [0.4, 0.5) is 0 Å². The van der Waals surface area contributed by atoms with Crippen LogP contribution < -0.4 is 4.72 Å². The summed E-state index contributed by atoms with van der Waals surface area (Å²) in [5, 5.41) is 9.06. The van der Waals surface area contributed by atoms with Gasteiger partial charge in [-0.15, -0.1) is 0 Å².